The van der Waals surface area contributed by atoms with Gasteiger partial charge in [0.2, 0.25) is 5.91 Å². The number of hydrogen-bond donors (Lipinski definition) is 3. The third-order valence-corrected chi connectivity index (χ3v) is 4.12. The summed E-state index contributed by atoms with van der Waals surface area (Å²) in [5.74, 6) is 0.586. The smallest absolute Gasteiger partial charge is 0.224 e. The number of carbonyl (C=O) groups excluding carboxylic acids is 1. The van der Waals surface area contributed by atoms with E-state index in [4.69, 9.17) is 16.2 Å². The highest BCUT2D eigenvalue weighted by molar-refractivity contribution is 5.79. The second-order valence-electron chi connectivity index (χ2n) is 6.20. The fourth-order valence-corrected chi connectivity index (χ4v) is 2.56. The maximum Gasteiger partial charge on any atom is 0.224 e. The predicted molar refractivity (Wildman–Crippen MR) is 102 cm³/mol. The van der Waals surface area contributed by atoms with Gasteiger partial charge in [-0.1, -0.05) is 24.3 Å². The summed E-state index contributed by atoms with van der Waals surface area (Å²) in [6.07, 6.45) is 1.12. The van der Waals surface area contributed by atoms with Crippen molar-refractivity contribution in [3.63, 3.8) is 0 Å². The molecule has 0 fully saturated rings. The Kier molecular flexibility index (Phi) is 6.83. The Morgan fingerprint density at radius 3 is 2.52 bits per heavy atom. The molecule has 134 valence electrons. The van der Waals surface area contributed by atoms with Crippen molar-refractivity contribution in [3.8, 4) is 5.75 Å². The Morgan fingerprint density at radius 1 is 1.08 bits per heavy atom. The number of anilines is 1. The molecule has 0 bridgehead atoms. The van der Waals surface area contributed by atoms with Gasteiger partial charge in [-0.05, 0) is 54.7 Å². The second kappa shape index (κ2) is 9.08. The average Bonchev–Trinajstić information content (AvgIpc) is 2.57. The number of nitrogens with one attached hydrogen (secondary N) is 1. The molecule has 0 atom stereocenters. The van der Waals surface area contributed by atoms with Crippen molar-refractivity contribution in [1.82, 2.24) is 5.32 Å². The van der Waals surface area contributed by atoms with Crippen LogP contribution in [0.25, 0.3) is 0 Å². The van der Waals surface area contributed by atoms with Crippen molar-refractivity contribution in [1.29, 1.82) is 0 Å². The van der Waals surface area contributed by atoms with Crippen LogP contribution in [0.4, 0.5) is 5.69 Å². The molecule has 0 saturated heterocycles. The third-order valence-electron chi connectivity index (χ3n) is 4.12. The Hall–Kier alpha value is -2.53. The topological polar surface area (TPSA) is 90.4 Å². The summed E-state index contributed by atoms with van der Waals surface area (Å²) in [5.41, 5.74) is 16.5. The molecule has 1 amide bonds. The van der Waals surface area contributed by atoms with Crippen molar-refractivity contribution >= 4 is 11.6 Å². The van der Waals surface area contributed by atoms with Crippen LogP contribution in [0.2, 0.25) is 0 Å². The third kappa shape index (κ3) is 5.80. The van der Waals surface area contributed by atoms with Gasteiger partial charge >= 0.3 is 0 Å². The Morgan fingerprint density at radius 2 is 1.84 bits per heavy atom. The molecule has 0 heterocycles. The Labute approximate surface area is 149 Å². The number of ether oxygens (including phenoxy) is 1. The maximum atomic E-state index is 12.1. The van der Waals surface area contributed by atoms with Crippen LogP contribution in [0.15, 0.2) is 36.4 Å². The first-order valence-corrected chi connectivity index (χ1v) is 8.53. The molecule has 5 heteroatoms. The van der Waals surface area contributed by atoms with E-state index >= 15 is 0 Å². The molecule has 25 heavy (non-hydrogen) atoms. The van der Waals surface area contributed by atoms with Gasteiger partial charge in [0.1, 0.15) is 12.4 Å². The fraction of sp³-hybridized carbons (Fsp3) is 0.350. The molecule has 0 spiro atoms. The Balaban J connectivity index is 1.81. The van der Waals surface area contributed by atoms with Crippen LogP contribution in [0, 0.1) is 13.8 Å². The van der Waals surface area contributed by atoms with Crippen LogP contribution in [-0.2, 0) is 17.6 Å². The number of aryl methyl sites for hydroxylation is 2. The molecule has 0 aromatic heterocycles. The minimum Gasteiger partial charge on any atom is -0.490 e. The molecule has 5 nitrogen and oxygen atoms in total. The van der Waals surface area contributed by atoms with E-state index in [1.807, 2.05) is 6.07 Å². The molecule has 0 aliphatic carbocycles. The van der Waals surface area contributed by atoms with Crippen molar-refractivity contribution in [2.45, 2.75) is 26.7 Å². The maximum absolute atomic E-state index is 12.1. The number of nitrogens with two attached hydrogens (primary N) is 2. The lowest BCUT2D eigenvalue weighted by Gasteiger charge is -2.10. The molecule has 2 rings (SSSR count). The van der Waals surface area contributed by atoms with Crippen LogP contribution in [-0.4, -0.2) is 25.6 Å². The highest BCUT2D eigenvalue weighted by Crippen LogP contribution is 2.22. The zero-order valence-electron chi connectivity index (χ0n) is 15.0. The highest BCUT2D eigenvalue weighted by atomic mass is 16.5. The number of rotatable bonds is 8. The van der Waals surface area contributed by atoms with Crippen LogP contribution in [0.1, 0.15) is 22.3 Å². The number of nitrogen functional groups attached to an aromatic ring is 1. The average molecular weight is 341 g/mol. The molecular weight excluding hydrogens is 314 g/mol. The van der Waals surface area contributed by atoms with E-state index in [0.717, 1.165) is 12.0 Å². The molecule has 0 aliphatic rings. The fourth-order valence-electron chi connectivity index (χ4n) is 2.56. The van der Waals surface area contributed by atoms with E-state index in [-0.39, 0.29) is 5.91 Å². The molecular formula is C20H27N3O2. The minimum atomic E-state index is -0.0149. The van der Waals surface area contributed by atoms with E-state index in [1.54, 1.807) is 12.1 Å². The molecule has 0 radical (unpaired) electrons. The van der Waals surface area contributed by atoms with Gasteiger partial charge in [0, 0.05) is 13.1 Å². The SMILES string of the molecule is Cc1ccc(CCNC(=O)Cc2ccc(OCCN)c(N)c2)cc1C. The zero-order chi connectivity index (χ0) is 18.2. The lowest BCUT2D eigenvalue weighted by Crippen LogP contribution is -2.27. The highest BCUT2D eigenvalue weighted by Gasteiger charge is 2.07. The van der Waals surface area contributed by atoms with Gasteiger partial charge in [0.15, 0.2) is 0 Å². The number of carbonyl (C=O) groups is 1. The summed E-state index contributed by atoms with van der Waals surface area (Å²) in [6.45, 7) is 5.67. The summed E-state index contributed by atoms with van der Waals surface area (Å²) in [6, 6.07) is 11.8. The van der Waals surface area contributed by atoms with Crippen LogP contribution in [0.3, 0.4) is 0 Å². The molecule has 0 saturated carbocycles. The summed E-state index contributed by atoms with van der Waals surface area (Å²) < 4.78 is 5.43. The first-order chi connectivity index (χ1) is 12.0. The van der Waals surface area contributed by atoms with E-state index in [2.05, 4.69) is 37.4 Å². The van der Waals surface area contributed by atoms with Crippen molar-refractivity contribution < 1.29 is 9.53 Å². The second-order valence-corrected chi connectivity index (χ2v) is 6.20. The van der Waals surface area contributed by atoms with Gasteiger partial charge < -0.3 is 21.5 Å². The largest absolute Gasteiger partial charge is 0.490 e. The Bertz CT molecular complexity index is 729. The van der Waals surface area contributed by atoms with E-state index in [9.17, 15) is 4.79 Å². The predicted octanol–water partition coefficient (Wildman–Crippen LogP) is 2.12. The van der Waals surface area contributed by atoms with Crippen LogP contribution >= 0.6 is 0 Å². The van der Waals surface area contributed by atoms with Gasteiger partial charge in [-0.15, -0.1) is 0 Å². The lowest BCUT2D eigenvalue weighted by molar-refractivity contribution is -0.120. The van der Waals surface area contributed by atoms with E-state index < -0.39 is 0 Å². The van der Waals surface area contributed by atoms with Gasteiger partial charge in [0.05, 0.1) is 12.1 Å². The molecule has 2 aromatic carbocycles. The minimum absolute atomic E-state index is 0.0149. The van der Waals surface area contributed by atoms with Gasteiger partial charge in [-0.2, -0.15) is 0 Å². The van der Waals surface area contributed by atoms with Crippen molar-refractivity contribution in [2.24, 2.45) is 5.73 Å². The van der Waals surface area contributed by atoms with Crippen molar-refractivity contribution in [3.05, 3.63) is 58.7 Å². The van der Waals surface area contributed by atoms with Gasteiger partial charge in [0.25, 0.3) is 0 Å². The molecule has 5 N–H and O–H groups in total. The lowest BCUT2D eigenvalue weighted by atomic mass is 10.0. The summed E-state index contributed by atoms with van der Waals surface area (Å²) in [7, 11) is 0. The first kappa shape index (κ1) is 18.8. The summed E-state index contributed by atoms with van der Waals surface area (Å²) in [5, 5.41) is 2.95. The van der Waals surface area contributed by atoms with E-state index in [1.165, 1.54) is 16.7 Å². The quantitative estimate of drug-likeness (QED) is 0.642. The monoisotopic (exact) mass is 341 g/mol. The van der Waals surface area contributed by atoms with Crippen LogP contribution in [0.5, 0.6) is 5.75 Å². The van der Waals surface area contributed by atoms with Gasteiger partial charge in [-0.25, -0.2) is 0 Å². The number of hydrogen-bond acceptors (Lipinski definition) is 4. The zero-order valence-corrected chi connectivity index (χ0v) is 15.0. The first-order valence-electron chi connectivity index (χ1n) is 8.53. The summed E-state index contributed by atoms with van der Waals surface area (Å²) >= 11 is 0. The number of benzene rings is 2. The van der Waals surface area contributed by atoms with Crippen LogP contribution < -0.4 is 21.5 Å². The van der Waals surface area contributed by atoms with Crippen molar-refractivity contribution in [2.75, 3.05) is 25.4 Å². The summed E-state index contributed by atoms with van der Waals surface area (Å²) in [4.78, 5) is 12.1. The molecule has 2 aromatic rings. The number of amides is 1. The van der Waals surface area contributed by atoms with Gasteiger partial charge in [-0.3, -0.25) is 4.79 Å². The molecule has 0 aliphatic heterocycles. The standard InChI is InChI=1S/C20H27N3O2/c1-14-3-4-16(11-15(14)2)7-9-23-20(24)13-17-5-6-19(18(22)12-17)25-10-8-21/h3-6,11-12H,7-10,13,21-22H2,1-2H3,(H,23,24). The normalized spacial score (nSPS) is 10.5. The van der Waals surface area contributed by atoms with E-state index in [0.29, 0.717) is 37.6 Å². The molecule has 0 unspecified atom stereocenters.